The van der Waals surface area contributed by atoms with Crippen molar-refractivity contribution in [3.8, 4) is 11.5 Å². The van der Waals surface area contributed by atoms with Crippen molar-refractivity contribution in [2.24, 2.45) is 0 Å². The first-order valence-electron chi connectivity index (χ1n) is 9.73. The summed E-state index contributed by atoms with van der Waals surface area (Å²) < 4.78 is 11.5. The van der Waals surface area contributed by atoms with Gasteiger partial charge in [-0.3, -0.25) is 14.9 Å². The van der Waals surface area contributed by atoms with Gasteiger partial charge in [-0.15, -0.1) is 0 Å². The third-order valence-electron chi connectivity index (χ3n) is 4.49. The van der Waals surface area contributed by atoms with E-state index in [0.717, 1.165) is 24.1 Å². The van der Waals surface area contributed by atoms with E-state index in [1.807, 2.05) is 32.2 Å². The lowest BCUT2D eigenvalue weighted by atomic mass is 10.1. The molecule has 0 radical (unpaired) electrons. The van der Waals surface area contributed by atoms with Crippen LogP contribution in [0.25, 0.3) is 0 Å². The van der Waals surface area contributed by atoms with Gasteiger partial charge in [0.2, 0.25) is 0 Å². The second kappa shape index (κ2) is 10.3. The van der Waals surface area contributed by atoms with Crippen molar-refractivity contribution in [2.75, 3.05) is 13.2 Å². The molecule has 1 aromatic carbocycles. The van der Waals surface area contributed by atoms with Crippen LogP contribution in [0.5, 0.6) is 11.5 Å². The number of pyridine rings is 1. The maximum atomic E-state index is 12.5. The minimum atomic E-state index is -0.129. The number of hydrogen-bond donors (Lipinski definition) is 2. The van der Waals surface area contributed by atoms with E-state index in [1.54, 1.807) is 30.6 Å². The summed E-state index contributed by atoms with van der Waals surface area (Å²) in [5.74, 6) is 1.04. The Morgan fingerprint density at radius 2 is 1.97 bits per heavy atom. The number of carbonyl (C=O) groups is 1. The standard InChI is InChI=1S/C22H26N4O3/c1-3-28-21-13-18(6-7-20(21)29-15-17-8-11-23-12-9-17)22(27)24-10-4-5-19-14-25-26-16(19)2/h6-9,11-14H,3-5,10,15H2,1-2H3,(H,24,27)(H,25,26). The number of nitrogens with zero attached hydrogens (tertiary/aromatic N) is 2. The highest BCUT2D eigenvalue weighted by Crippen LogP contribution is 2.29. The van der Waals surface area contributed by atoms with Crippen molar-refractivity contribution in [3.05, 3.63) is 71.3 Å². The molecule has 152 valence electrons. The lowest BCUT2D eigenvalue weighted by Crippen LogP contribution is -2.24. The number of ether oxygens (including phenoxy) is 2. The van der Waals surface area contributed by atoms with Crippen LogP contribution in [0.4, 0.5) is 0 Å². The van der Waals surface area contributed by atoms with Gasteiger partial charge in [0.25, 0.3) is 5.91 Å². The number of rotatable bonds is 10. The van der Waals surface area contributed by atoms with Crippen molar-refractivity contribution >= 4 is 5.91 Å². The zero-order valence-corrected chi connectivity index (χ0v) is 16.8. The Kier molecular flexibility index (Phi) is 7.22. The summed E-state index contributed by atoms with van der Waals surface area (Å²) in [6.45, 7) is 5.38. The van der Waals surface area contributed by atoms with Crippen LogP contribution in [0.1, 0.15) is 40.5 Å². The first-order chi connectivity index (χ1) is 14.2. The Morgan fingerprint density at radius 1 is 1.14 bits per heavy atom. The fourth-order valence-electron chi connectivity index (χ4n) is 2.89. The lowest BCUT2D eigenvalue weighted by Gasteiger charge is -2.13. The van der Waals surface area contributed by atoms with Crippen LogP contribution in [0.15, 0.2) is 48.9 Å². The molecular formula is C22H26N4O3. The highest BCUT2D eigenvalue weighted by molar-refractivity contribution is 5.94. The van der Waals surface area contributed by atoms with Crippen LogP contribution in [-0.2, 0) is 13.0 Å². The maximum absolute atomic E-state index is 12.5. The average molecular weight is 394 g/mol. The molecule has 0 unspecified atom stereocenters. The Hall–Kier alpha value is -3.35. The number of H-pyrrole nitrogens is 1. The van der Waals surface area contributed by atoms with E-state index in [9.17, 15) is 4.79 Å². The highest BCUT2D eigenvalue weighted by atomic mass is 16.5. The molecule has 0 aliphatic carbocycles. The van der Waals surface area contributed by atoms with Gasteiger partial charge in [0.15, 0.2) is 11.5 Å². The van der Waals surface area contributed by atoms with Crippen LogP contribution >= 0.6 is 0 Å². The molecule has 0 aliphatic heterocycles. The largest absolute Gasteiger partial charge is 0.490 e. The SMILES string of the molecule is CCOc1cc(C(=O)NCCCc2cn[nH]c2C)ccc1OCc1ccncc1. The van der Waals surface area contributed by atoms with Gasteiger partial charge in [-0.2, -0.15) is 5.10 Å². The Morgan fingerprint density at radius 3 is 2.69 bits per heavy atom. The molecule has 2 aromatic heterocycles. The molecule has 0 atom stereocenters. The van der Waals surface area contributed by atoms with E-state index in [1.165, 1.54) is 5.56 Å². The van der Waals surface area contributed by atoms with Gasteiger partial charge in [-0.25, -0.2) is 0 Å². The van der Waals surface area contributed by atoms with E-state index in [0.29, 0.717) is 36.8 Å². The molecule has 29 heavy (non-hydrogen) atoms. The van der Waals surface area contributed by atoms with Crippen molar-refractivity contribution in [1.82, 2.24) is 20.5 Å². The maximum Gasteiger partial charge on any atom is 0.251 e. The van der Waals surface area contributed by atoms with Crippen LogP contribution in [0, 0.1) is 6.92 Å². The highest BCUT2D eigenvalue weighted by Gasteiger charge is 2.12. The number of hydrogen-bond acceptors (Lipinski definition) is 5. The van der Waals surface area contributed by atoms with Crippen molar-refractivity contribution in [3.63, 3.8) is 0 Å². The minimum absolute atomic E-state index is 0.129. The van der Waals surface area contributed by atoms with Gasteiger partial charge in [-0.1, -0.05) is 0 Å². The first-order valence-corrected chi connectivity index (χ1v) is 9.73. The summed E-state index contributed by atoms with van der Waals surface area (Å²) in [7, 11) is 0. The second-order valence-corrected chi connectivity index (χ2v) is 6.62. The summed E-state index contributed by atoms with van der Waals surface area (Å²) in [4.78, 5) is 16.5. The molecule has 0 fully saturated rings. The fourth-order valence-corrected chi connectivity index (χ4v) is 2.89. The van der Waals surface area contributed by atoms with Crippen LogP contribution in [0.3, 0.4) is 0 Å². The van der Waals surface area contributed by atoms with Crippen molar-refractivity contribution in [1.29, 1.82) is 0 Å². The average Bonchev–Trinajstić information content (AvgIpc) is 3.15. The van der Waals surface area contributed by atoms with Gasteiger partial charge in [-0.05, 0) is 68.1 Å². The zero-order valence-electron chi connectivity index (χ0n) is 16.8. The molecule has 3 aromatic rings. The van der Waals surface area contributed by atoms with Gasteiger partial charge in [0, 0.05) is 30.2 Å². The summed E-state index contributed by atoms with van der Waals surface area (Å²) in [5, 5.41) is 9.89. The normalized spacial score (nSPS) is 10.6. The molecule has 0 saturated carbocycles. The van der Waals surface area contributed by atoms with Gasteiger partial charge < -0.3 is 14.8 Å². The molecule has 0 spiro atoms. The number of aryl methyl sites for hydroxylation is 2. The number of benzene rings is 1. The number of carbonyl (C=O) groups excluding carboxylic acids is 1. The minimum Gasteiger partial charge on any atom is -0.490 e. The molecule has 2 N–H and O–H groups in total. The van der Waals surface area contributed by atoms with E-state index in [-0.39, 0.29) is 5.91 Å². The molecule has 2 heterocycles. The Labute approximate surface area is 170 Å². The number of amides is 1. The summed E-state index contributed by atoms with van der Waals surface area (Å²) >= 11 is 0. The lowest BCUT2D eigenvalue weighted by molar-refractivity contribution is 0.0952. The number of aromatic nitrogens is 3. The molecule has 1 amide bonds. The fraction of sp³-hybridized carbons (Fsp3) is 0.318. The topological polar surface area (TPSA) is 89.1 Å². The Balaban J connectivity index is 1.56. The van der Waals surface area contributed by atoms with Gasteiger partial charge >= 0.3 is 0 Å². The molecule has 0 bridgehead atoms. The Bertz CT molecular complexity index is 925. The van der Waals surface area contributed by atoms with Crippen molar-refractivity contribution < 1.29 is 14.3 Å². The predicted octanol–water partition coefficient (Wildman–Crippen LogP) is 3.45. The predicted molar refractivity (Wildman–Crippen MR) is 110 cm³/mol. The van der Waals surface area contributed by atoms with E-state index < -0.39 is 0 Å². The summed E-state index contributed by atoms with van der Waals surface area (Å²) in [6.07, 6.45) is 7.00. The van der Waals surface area contributed by atoms with Crippen LogP contribution in [0.2, 0.25) is 0 Å². The first kappa shape index (κ1) is 20.4. The summed E-state index contributed by atoms with van der Waals surface area (Å²) in [6, 6.07) is 9.04. The molecule has 7 heteroatoms. The van der Waals surface area contributed by atoms with Gasteiger partial charge in [0.1, 0.15) is 6.61 Å². The van der Waals surface area contributed by atoms with Crippen LogP contribution in [-0.4, -0.2) is 34.2 Å². The molecular weight excluding hydrogens is 368 g/mol. The molecule has 3 rings (SSSR count). The smallest absolute Gasteiger partial charge is 0.251 e. The third-order valence-corrected chi connectivity index (χ3v) is 4.49. The van der Waals surface area contributed by atoms with E-state index in [2.05, 4.69) is 20.5 Å². The summed E-state index contributed by atoms with van der Waals surface area (Å²) in [5.41, 5.74) is 3.80. The van der Waals surface area contributed by atoms with E-state index in [4.69, 9.17) is 9.47 Å². The number of aromatic amines is 1. The zero-order chi connectivity index (χ0) is 20.5. The number of nitrogens with one attached hydrogen (secondary N) is 2. The van der Waals surface area contributed by atoms with Crippen molar-refractivity contribution in [2.45, 2.75) is 33.3 Å². The van der Waals surface area contributed by atoms with E-state index >= 15 is 0 Å². The third kappa shape index (κ3) is 5.81. The molecule has 0 saturated heterocycles. The molecule has 0 aliphatic rings. The second-order valence-electron chi connectivity index (χ2n) is 6.62. The van der Waals surface area contributed by atoms with Crippen LogP contribution < -0.4 is 14.8 Å². The van der Waals surface area contributed by atoms with Gasteiger partial charge in [0.05, 0.1) is 12.8 Å². The monoisotopic (exact) mass is 394 g/mol. The quantitative estimate of drug-likeness (QED) is 0.514. The molecule has 7 nitrogen and oxygen atoms in total.